The number of hydrogen-bond acceptors (Lipinski definition) is 2. The average Bonchev–Trinajstić information content (AvgIpc) is 3.19. The molecule has 8 unspecified atom stereocenters. The van der Waals surface area contributed by atoms with Gasteiger partial charge in [-0.15, -0.1) is 0 Å². The van der Waals surface area contributed by atoms with Crippen molar-refractivity contribution >= 4 is 5.97 Å². The molecule has 2 nitrogen and oxygen atoms in total. The summed E-state index contributed by atoms with van der Waals surface area (Å²) < 4.78 is 6.35. The van der Waals surface area contributed by atoms with Crippen molar-refractivity contribution in [3.8, 4) is 0 Å². The smallest absolute Gasteiger partial charge is 0.309 e. The van der Waals surface area contributed by atoms with Crippen molar-refractivity contribution in [2.24, 2.45) is 41.4 Å². The SMILES string of the molecule is CCC1(OC(=O)C2CC(C)CC2C)CC2CC1C1CCCC21. The van der Waals surface area contributed by atoms with Crippen LogP contribution < -0.4 is 0 Å². The normalized spacial score (nSPS) is 53.0. The lowest BCUT2D eigenvalue weighted by atomic mass is 9.71. The summed E-state index contributed by atoms with van der Waals surface area (Å²) in [6.45, 7) is 6.76. The van der Waals surface area contributed by atoms with E-state index in [1.54, 1.807) is 0 Å². The molecule has 0 heterocycles. The second-order valence-corrected chi connectivity index (χ2v) is 9.06. The van der Waals surface area contributed by atoms with E-state index in [9.17, 15) is 4.79 Å². The summed E-state index contributed by atoms with van der Waals surface area (Å²) in [6, 6.07) is 0. The van der Waals surface area contributed by atoms with Crippen molar-refractivity contribution in [2.75, 3.05) is 0 Å². The molecular weight excluding hydrogens is 272 g/mol. The first-order valence-corrected chi connectivity index (χ1v) is 9.77. The zero-order chi connectivity index (χ0) is 15.5. The molecule has 22 heavy (non-hydrogen) atoms. The number of carbonyl (C=O) groups is 1. The molecule has 0 saturated heterocycles. The van der Waals surface area contributed by atoms with Gasteiger partial charge in [0, 0.05) is 5.92 Å². The molecule has 124 valence electrons. The summed E-state index contributed by atoms with van der Waals surface area (Å²) in [5.74, 6) is 4.86. The van der Waals surface area contributed by atoms with Crippen molar-refractivity contribution in [1.82, 2.24) is 0 Å². The minimum absolute atomic E-state index is 0.0984. The van der Waals surface area contributed by atoms with Gasteiger partial charge in [-0.1, -0.05) is 27.2 Å². The maximum Gasteiger partial charge on any atom is 0.309 e. The Morgan fingerprint density at radius 1 is 1.14 bits per heavy atom. The van der Waals surface area contributed by atoms with Crippen LogP contribution in [0.15, 0.2) is 0 Å². The second-order valence-electron chi connectivity index (χ2n) is 9.06. The summed E-state index contributed by atoms with van der Waals surface area (Å²) in [5.41, 5.74) is -0.0984. The number of hydrogen-bond donors (Lipinski definition) is 0. The second kappa shape index (κ2) is 5.24. The minimum atomic E-state index is -0.0984. The Kier molecular flexibility index (Phi) is 3.58. The topological polar surface area (TPSA) is 26.3 Å². The summed E-state index contributed by atoms with van der Waals surface area (Å²) >= 11 is 0. The van der Waals surface area contributed by atoms with Crippen molar-refractivity contribution in [3.63, 3.8) is 0 Å². The van der Waals surface area contributed by atoms with Gasteiger partial charge in [-0.2, -0.15) is 0 Å². The van der Waals surface area contributed by atoms with E-state index in [0.717, 1.165) is 37.0 Å². The molecule has 0 amide bonds. The van der Waals surface area contributed by atoms with Gasteiger partial charge in [0.25, 0.3) is 0 Å². The number of ether oxygens (including phenoxy) is 1. The Labute approximate surface area is 135 Å². The van der Waals surface area contributed by atoms with Crippen molar-refractivity contribution in [3.05, 3.63) is 0 Å². The molecule has 0 aliphatic heterocycles. The zero-order valence-electron chi connectivity index (χ0n) is 14.5. The maximum absolute atomic E-state index is 12.9. The van der Waals surface area contributed by atoms with Gasteiger partial charge >= 0.3 is 5.97 Å². The van der Waals surface area contributed by atoms with Gasteiger partial charge in [-0.3, -0.25) is 4.79 Å². The lowest BCUT2D eigenvalue weighted by Gasteiger charge is -2.42. The molecule has 8 atom stereocenters. The largest absolute Gasteiger partial charge is 0.459 e. The van der Waals surface area contributed by atoms with E-state index in [1.807, 2.05) is 0 Å². The van der Waals surface area contributed by atoms with Gasteiger partial charge < -0.3 is 4.74 Å². The molecule has 4 aliphatic rings. The lowest BCUT2D eigenvalue weighted by Crippen LogP contribution is -2.46. The number of carbonyl (C=O) groups excluding carboxylic acids is 1. The van der Waals surface area contributed by atoms with Crippen LogP contribution in [0.2, 0.25) is 0 Å². The number of esters is 1. The Morgan fingerprint density at radius 3 is 2.59 bits per heavy atom. The lowest BCUT2D eigenvalue weighted by molar-refractivity contribution is -0.176. The molecular formula is C20H32O2. The van der Waals surface area contributed by atoms with Crippen LogP contribution in [0.3, 0.4) is 0 Å². The molecule has 0 radical (unpaired) electrons. The number of fused-ring (bicyclic) bond motifs is 5. The zero-order valence-corrected chi connectivity index (χ0v) is 14.5. The van der Waals surface area contributed by atoms with E-state index in [-0.39, 0.29) is 17.5 Å². The predicted molar refractivity (Wildman–Crippen MR) is 87.2 cm³/mol. The van der Waals surface area contributed by atoms with Crippen LogP contribution in [0.25, 0.3) is 0 Å². The fourth-order valence-corrected chi connectivity index (χ4v) is 6.97. The van der Waals surface area contributed by atoms with E-state index in [4.69, 9.17) is 4.74 Å². The molecule has 2 heteroatoms. The Bertz CT molecular complexity index is 459. The molecule has 0 aromatic carbocycles. The Morgan fingerprint density at radius 2 is 1.91 bits per heavy atom. The monoisotopic (exact) mass is 304 g/mol. The number of rotatable bonds is 3. The van der Waals surface area contributed by atoms with Crippen LogP contribution in [0.4, 0.5) is 0 Å². The van der Waals surface area contributed by atoms with Crippen molar-refractivity contribution in [1.29, 1.82) is 0 Å². The van der Waals surface area contributed by atoms with Gasteiger partial charge in [0.15, 0.2) is 0 Å². The van der Waals surface area contributed by atoms with Gasteiger partial charge in [-0.05, 0) is 74.5 Å². The summed E-state index contributed by atoms with van der Waals surface area (Å²) in [6.07, 6.45) is 10.0. The third-order valence-corrected chi connectivity index (χ3v) is 7.91. The van der Waals surface area contributed by atoms with E-state index in [0.29, 0.717) is 17.8 Å². The third kappa shape index (κ3) is 2.08. The van der Waals surface area contributed by atoms with Crippen molar-refractivity contribution < 1.29 is 9.53 Å². The van der Waals surface area contributed by atoms with E-state index < -0.39 is 0 Å². The van der Waals surface area contributed by atoms with Crippen LogP contribution in [-0.4, -0.2) is 11.6 Å². The Balaban J connectivity index is 1.50. The summed E-state index contributed by atoms with van der Waals surface area (Å²) in [5, 5.41) is 0. The first kappa shape index (κ1) is 15.0. The predicted octanol–water partition coefficient (Wildman–Crippen LogP) is 4.82. The van der Waals surface area contributed by atoms with Crippen LogP contribution in [0.1, 0.15) is 72.1 Å². The molecule has 0 N–H and O–H groups in total. The van der Waals surface area contributed by atoms with Crippen molar-refractivity contribution in [2.45, 2.75) is 77.7 Å². The van der Waals surface area contributed by atoms with Crippen LogP contribution in [0.5, 0.6) is 0 Å². The van der Waals surface area contributed by atoms with Crippen LogP contribution >= 0.6 is 0 Å². The highest BCUT2D eigenvalue weighted by Crippen LogP contribution is 2.64. The first-order valence-electron chi connectivity index (χ1n) is 9.77. The fourth-order valence-electron chi connectivity index (χ4n) is 6.97. The van der Waals surface area contributed by atoms with Gasteiger partial charge in [0.1, 0.15) is 5.60 Å². The van der Waals surface area contributed by atoms with Gasteiger partial charge in [0.2, 0.25) is 0 Å². The molecule has 0 aromatic rings. The molecule has 4 rings (SSSR count). The van der Waals surface area contributed by atoms with Crippen LogP contribution in [0, 0.1) is 41.4 Å². The molecule has 2 bridgehead atoms. The summed E-state index contributed by atoms with van der Waals surface area (Å²) in [4.78, 5) is 12.9. The highest BCUT2D eigenvalue weighted by Gasteiger charge is 2.62. The third-order valence-electron chi connectivity index (χ3n) is 7.91. The van der Waals surface area contributed by atoms with Gasteiger partial charge in [-0.25, -0.2) is 0 Å². The molecule has 4 saturated carbocycles. The molecule has 0 spiro atoms. The fraction of sp³-hybridized carbons (Fsp3) is 0.950. The molecule has 0 aromatic heterocycles. The highest BCUT2D eigenvalue weighted by molar-refractivity contribution is 5.73. The minimum Gasteiger partial charge on any atom is -0.459 e. The standard InChI is InChI=1S/C20H32O2/c1-4-20(22-19(21)17-9-12(2)8-13(17)3)11-14-10-18(20)16-7-5-6-15(14)16/h12-18H,4-11H2,1-3H3. The highest BCUT2D eigenvalue weighted by atomic mass is 16.6. The Hall–Kier alpha value is -0.530. The molecule has 4 aliphatic carbocycles. The van der Waals surface area contributed by atoms with Gasteiger partial charge in [0.05, 0.1) is 5.92 Å². The molecule has 4 fully saturated rings. The van der Waals surface area contributed by atoms with E-state index in [2.05, 4.69) is 20.8 Å². The average molecular weight is 304 g/mol. The van der Waals surface area contributed by atoms with E-state index >= 15 is 0 Å². The first-order chi connectivity index (χ1) is 10.5. The van der Waals surface area contributed by atoms with Crippen LogP contribution in [-0.2, 0) is 9.53 Å². The maximum atomic E-state index is 12.9. The van der Waals surface area contributed by atoms with E-state index in [1.165, 1.54) is 32.1 Å². The quantitative estimate of drug-likeness (QED) is 0.699. The summed E-state index contributed by atoms with van der Waals surface area (Å²) in [7, 11) is 0.